The molecule has 0 saturated heterocycles. The number of hydrogen-bond donors (Lipinski definition) is 0. The van der Waals surface area contributed by atoms with Crippen molar-refractivity contribution in [1.82, 2.24) is 34.9 Å². The fraction of sp³-hybridized carbons (Fsp3) is 0.115. The standard InChI is InChI=1S/C26H21N7/c1-17(2)24-31-25(22-10-8-19(15-29-22)18-6-5-12-27-14-18)33-26(32-24)23-11-9-20(16-30-23)21-7-3-4-13-28-21/h3-17H,1-2H3. The maximum atomic E-state index is 4.69. The van der Waals surface area contributed by atoms with Gasteiger partial charge >= 0.3 is 0 Å². The van der Waals surface area contributed by atoms with Gasteiger partial charge in [0.15, 0.2) is 11.6 Å². The molecule has 33 heavy (non-hydrogen) atoms. The number of rotatable bonds is 5. The zero-order valence-electron chi connectivity index (χ0n) is 18.3. The quantitative estimate of drug-likeness (QED) is 0.376. The van der Waals surface area contributed by atoms with Gasteiger partial charge in [-0.1, -0.05) is 32.0 Å². The maximum absolute atomic E-state index is 4.69. The molecule has 7 nitrogen and oxygen atoms in total. The Morgan fingerprint density at radius 2 is 1.24 bits per heavy atom. The fourth-order valence-corrected chi connectivity index (χ4v) is 3.32. The van der Waals surface area contributed by atoms with Gasteiger partial charge in [-0.15, -0.1) is 0 Å². The van der Waals surface area contributed by atoms with Crippen molar-refractivity contribution in [3.05, 3.63) is 91.4 Å². The Bertz CT molecular complexity index is 1250. The summed E-state index contributed by atoms with van der Waals surface area (Å²) in [6.45, 7) is 4.11. The van der Waals surface area contributed by atoms with Crippen LogP contribution in [0.15, 0.2) is 85.6 Å². The Hall–Kier alpha value is -4.39. The average molecular weight is 432 g/mol. The van der Waals surface area contributed by atoms with Crippen LogP contribution in [0.5, 0.6) is 0 Å². The Kier molecular flexibility index (Phi) is 5.59. The highest BCUT2D eigenvalue weighted by Gasteiger charge is 2.15. The van der Waals surface area contributed by atoms with Crippen molar-refractivity contribution in [1.29, 1.82) is 0 Å². The molecule has 0 bridgehead atoms. The van der Waals surface area contributed by atoms with Gasteiger partial charge in [0, 0.05) is 53.6 Å². The molecule has 0 aliphatic rings. The van der Waals surface area contributed by atoms with Gasteiger partial charge in [0.2, 0.25) is 0 Å². The van der Waals surface area contributed by atoms with Crippen molar-refractivity contribution >= 4 is 0 Å². The summed E-state index contributed by atoms with van der Waals surface area (Å²) in [4.78, 5) is 31.8. The molecule has 0 unspecified atom stereocenters. The number of hydrogen-bond acceptors (Lipinski definition) is 7. The van der Waals surface area contributed by atoms with Crippen molar-refractivity contribution in [2.45, 2.75) is 19.8 Å². The number of aromatic nitrogens is 7. The summed E-state index contributed by atoms with van der Waals surface area (Å²) in [5.41, 5.74) is 5.15. The van der Waals surface area contributed by atoms with E-state index in [9.17, 15) is 0 Å². The van der Waals surface area contributed by atoms with Crippen molar-refractivity contribution in [2.24, 2.45) is 0 Å². The van der Waals surface area contributed by atoms with Crippen molar-refractivity contribution < 1.29 is 0 Å². The molecule has 0 saturated carbocycles. The molecule has 5 heterocycles. The van der Waals surface area contributed by atoms with E-state index in [0.29, 0.717) is 28.9 Å². The first-order chi connectivity index (χ1) is 16.2. The summed E-state index contributed by atoms with van der Waals surface area (Å²) in [5, 5.41) is 0. The highest BCUT2D eigenvalue weighted by atomic mass is 15.1. The average Bonchev–Trinajstić information content (AvgIpc) is 2.89. The van der Waals surface area contributed by atoms with Crippen LogP contribution in [-0.2, 0) is 0 Å². The van der Waals surface area contributed by atoms with Gasteiger partial charge in [-0.05, 0) is 36.4 Å². The molecule has 0 radical (unpaired) electrons. The summed E-state index contributed by atoms with van der Waals surface area (Å²) in [7, 11) is 0. The van der Waals surface area contributed by atoms with Gasteiger partial charge in [0.05, 0.1) is 5.69 Å². The third kappa shape index (κ3) is 4.48. The van der Waals surface area contributed by atoms with Crippen LogP contribution in [0.1, 0.15) is 25.6 Å². The lowest BCUT2D eigenvalue weighted by Gasteiger charge is -2.10. The van der Waals surface area contributed by atoms with E-state index in [1.54, 1.807) is 18.6 Å². The Morgan fingerprint density at radius 1 is 0.545 bits per heavy atom. The van der Waals surface area contributed by atoms with E-state index in [-0.39, 0.29) is 5.92 Å². The Balaban J connectivity index is 1.50. The maximum Gasteiger partial charge on any atom is 0.182 e. The second-order valence-corrected chi connectivity index (χ2v) is 7.82. The molecule has 0 spiro atoms. The van der Waals surface area contributed by atoms with Crippen molar-refractivity contribution in [3.8, 4) is 45.4 Å². The SMILES string of the molecule is CC(C)c1nc(-c2ccc(-c3cccnc3)cn2)nc(-c2ccc(-c3ccccn3)cn2)n1. The molecule has 5 aromatic heterocycles. The summed E-state index contributed by atoms with van der Waals surface area (Å²) >= 11 is 0. The van der Waals surface area contributed by atoms with Crippen LogP contribution in [0, 0.1) is 0 Å². The van der Waals surface area contributed by atoms with Gasteiger partial charge in [0.25, 0.3) is 0 Å². The first-order valence-electron chi connectivity index (χ1n) is 10.7. The summed E-state index contributed by atoms with van der Waals surface area (Å²) in [6.07, 6.45) is 8.93. The van der Waals surface area contributed by atoms with Gasteiger partial charge in [-0.3, -0.25) is 19.9 Å². The lowest BCUT2D eigenvalue weighted by Crippen LogP contribution is -2.05. The lowest BCUT2D eigenvalue weighted by atomic mass is 10.1. The fourth-order valence-electron chi connectivity index (χ4n) is 3.32. The van der Waals surface area contributed by atoms with Crippen molar-refractivity contribution in [3.63, 3.8) is 0 Å². The molecule has 0 aliphatic carbocycles. The Labute approximate surface area is 191 Å². The van der Waals surface area contributed by atoms with Crippen molar-refractivity contribution in [2.75, 3.05) is 0 Å². The highest BCUT2D eigenvalue weighted by molar-refractivity contribution is 5.65. The van der Waals surface area contributed by atoms with E-state index in [4.69, 9.17) is 0 Å². The molecule has 0 aliphatic heterocycles. The van der Waals surface area contributed by atoms with Crippen LogP contribution in [-0.4, -0.2) is 34.9 Å². The third-order valence-electron chi connectivity index (χ3n) is 5.11. The molecule has 0 aromatic carbocycles. The molecule has 160 valence electrons. The van der Waals surface area contributed by atoms with Gasteiger partial charge < -0.3 is 0 Å². The lowest BCUT2D eigenvalue weighted by molar-refractivity contribution is 0.764. The van der Waals surface area contributed by atoms with Gasteiger partial charge in [-0.2, -0.15) is 0 Å². The van der Waals surface area contributed by atoms with Crippen LogP contribution in [0.2, 0.25) is 0 Å². The van der Waals surface area contributed by atoms with E-state index in [0.717, 1.165) is 22.4 Å². The molecule has 0 amide bonds. The molecule has 0 fully saturated rings. The van der Waals surface area contributed by atoms with E-state index >= 15 is 0 Å². The monoisotopic (exact) mass is 431 g/mol. The van der Waals surface area contributed by atoms with Gasteiger partial charge in [0.1, 0.15) is 17.2 Å². The second-order valence-electron chi connectivity index (χ2n) is 7.82. The molecular formula is C26H21N7. The van der Waals surface area contributed by atoms with Crippen LogP contribution >= 0.6 is 0 Å². The third-order valence-corrected chi connectivity index (χ3v) is 5.11. The van der Waals surface area contributed by atoms with E-state index in [2.05, 4.69) is 48.7 Å². The van der Waals surface area contributed by atoms with Crippen LogP contribution in [0.25, 0.3) is 45.4 Å². The zero-order valence-corrected chi connectivity index (χ0v) is 18.3. The predicted molar refractivity (Wildman–Crippen MR) is 127 cm³/mol. The molecular weight excluding hydrogens is 410 g/mol. The summed E-state index contributed by atoms with van der Waals surface area (Å²) in [6, 6.07) is 17.5. The normalized spacial score (nSPS) is 11.0. The minimum atomic E-state index is 0.132. The summed E-state index contributed by atoms with van der Waals surface area (Å²) < 4.78 is 0. The van der Waals surface area contributed by atoms with Crippen LogP contribution < -0.4 is 0 Å². The first-order valence-corrected chi connectivity index (χ1v) is 10.7. The Morgan fingerprint density at radius 3 is 1.79 bits per heavy atom. The highest BCUT2D eigenvalue weighted by Crippen LogP contribution is 2.24. The second kappa shape index (κ2) is 9.00. The summed E-state index contributed by atoms with van der Waals surface area (Å²) in [5.74, 6) is 1.88. The van der Waals surface area contributed by atoms with E-state index in [1.165, 1.54) is 0 Å². The van der Waals surface area contributed by atoms with E-state index in [1.807, 2.05) is 67.0 Å². The topological polar surface area (TPSA) is 90.2 Å². The molecule has 5 aromatic rings. The predicted octanol–water partition coefficient (Wildman–Crippen LogP) is 5.24. The van der Waals surface area contributed by atoms with Crippen LogP contribution in [0.3, 0.4) is 0 Å². The number of nitrogens with zero attached hydrogens (tertiary/aromatic N) is 7. The van der Waals surface area contributed by atoms with E-state index < -0.39 is 0 Å². The largest absolute Gasteiger partial charge is 0.264 e. The smallest absolute Gasteiger partial charge is 0.182 e. The molecule has 0 N–H and O–H groups in total. The number of pyridine rings is 4. The van der Waals surface area contributed by atoms with Gasteiger partial charge in [-0.25, -0.2) is 15.0 Å². The minimum absolute atomic E-state index is 0.132. The zero-order chi connectivity index (χ0) is 22.6. The van der Waals surface area contributed by atoms with Crippen LogP contribution in [0.4, 0.5) is 0 Å². The first kappa shape index (κ1) is 20.5. The minimum Gasteiger partial charge on any atom is -0.264 e. The molecule has 7 heteroatoms. The molecule has 0 atom stereocenters. The molecule has 5 rings (SSSR count).